The minimum Gasteiger partial charge on any atom is -0.322 e. The Labute approximate surface area is 104 Å². The summed E-state index contributed by atoms with van der Waals surface area (Å²) in [7, 11) is 0. The molecule has 1 aromatic rings. The van der Waals surface area contributed by atoms with Crippen LogP contribution in [0.2, 0.25) is 0 Å². The van der Waals surface area contributed by atoms with E-state index in [2.05, 4.69) is 15.7 Å². The van der Waals surface area contributed by atoms with Crippen molar-refractivity contribution in [1.29, 1.82) is 5.26 Å². The van der Waals surface area contributed by atoms with E-state index in [9.17, 15) is 4.79 Å². The largest absolute Gasteiger partial charge is 0.322 e. The number of nitrogens with zero attached hydrogens (tertiary/aromatic N) is 4. The third kappa shape index (κ3) is 2.29. The molecule has 1 aromatic heterocycles. The molecule has 1 aliphatic rings. The first-order chi connectivity index (χ1) is 8.27. The monoisotopic (exact) mass is 250 g/mol. The van der Waals surface area contributed by atoms with E-state index in [1.807, 2.05) is 6.92 Å². The number of likely N-dealkylation sites (tertiary alicyclic amines) is 1. The number of hydrogen-bond donors (Lipinski definition) is 0. The predicted molar refractivity (Wildman–Crippen MR) is 63.6 cm³/mol. The zero-order chi connectivity index (χ0) is 12.3. The number of aryl methyl sites for hydroxylation is 1. The Morgan fingerprint density at radius 2 is 2.53 bits per heavy atom. The second-order valence-corrected chi connectivity index (χ2v) is 4.84. The van der Waals surface area contributed by atoms with Gasteiger partial charge in [-0.2, -0.15) is 5.26 Å². The molecule has 6 heteroatoms. The molecule has 1 saturated heterocycles. The lowest BCUT2D eigenvalue weighted by atomic mass is 10.2. The molecule has 2 heterocycles. The van der Waals surface area contributed by atoms with Gasteiger partial charge in [0.05, 0.1) is 11.8 Å². The van der Waals surface area contributed by atoms with Gasteiger partial charge in [0.1, 0.15) is 10.9 Å². The first-order valence-corrected chi connectivity index (χ1v) is 6.57. The van der Waals surface area contributed by atoms with Crippen molar-refractivity contribution >= 4 is 17.4 Å². The fourth-order valence-corrected chi connectivity index (χ4v) is 2.71. The Morgan fingerprint density at radius 3 is 3.24 bits per heavy atom. The topological polar surface area (TPSA) is 69.9 Å². The molecular formula is C11H14N4OS. The molecule has 0 spiro atoms. The third-order valence-corrected chi connectivity index (χ3v) is 3.66. The summed E-state index contributed by atoms with van der Waals surface area (Å²) in [6, 6.07) is 1.90. The minimum absolute atomic E-state index is 0.0764. The quantitative estimate of drug-likeness (QED) is 0.817. The highest BCUT2D eigenvalue weighted by molar-refractivity contribution is 7.08. The van der Waals surface area contributed by atoms with Gasteiger partial charge in [0.15, 0.2) is 0 Å². The van der Waals surface area contributed by atoms with E-state index in [1.165, 1.54) is 0 Å². The summed E-state index contributed by atoms with van der Waals surface area (Å²) in [6.45, 7) is 2.71. The number of carbonyl (C=O) groups is 1. The SMILES string of the molecule is CCCc1nnsc1C(=O)N1CCCC1C#N. The van der Waals surface area contributed by atoms with E-state index >= 15 is 0 Å². The Hall–Kier alpha value is -1.48. The molecule has 1 atom stereocenters. The molecule has 90 valence electrons. The van der Waals surface area contributed by atoms with E-state index < -0.39 is 0 Å². The van der Waals surface area contributed by atoms with Gasteiger partial charge >= 0.3 is 0 Å². The van der Waals surface area contributed by atoms with E-state index in [-0.39, 0.29) is 11.9 Å². The number of nitriles is 1. The highest BCUT2D eigenvalue weighted by Gasteiger charge is 2.31. The van der Waals surface area contributed by atoms with Gasteiger partial charge in [0.25, 0.3) is 5.91 Å². The molecule has 0 radical (unpaired) electrons. The van der Waals surface area contributed by atoms with Gasteiger partial charge in [-0.25, -0.2) is 0 Å². The molecule has 0 saturated carbocycles. The number of aromatic nitrogens is 2. The van der Waals surface area contributed by atoms with Crippen LogP contribution in [0.15, 0.2) is 0 Å². The van der Waals surface area contributed by atoms with Crippen LogP contribution in [-0.4, -0.2) is 33.0 Å². The van der Waals surface area contributed by atoms with Crippen molar-refractivity contribution in [2.75, 3.05) is 6.54 Å². The Bertz CT molecular complexity index is 451. The average molecular weight is 250 g/mol. The van der Waals surface area contributed by atoms with Gasteiger partial charge in [0, 0.05) is 6.54 Å². The Morgan fingerprint density at radius 1 is 1.71 bits per heavy atom. The van der Waals surface area contributed by atoms with Crippen molar-refractivity contribution in [2.24, 2.45) is 0 Å². The number of hydrogen-bond acceptors (Lipinski definition) is 5. The Balaban J connectivity index is 2.19. The molecule has 17 heavy (non-hydrogen) atoms. The van der Waals surface area contributed by atoms with Gasteiger partial charge in [0.2, 0.25) is 0 Å². The first kappa shape index (κ1) is 12.0. The summed E-state index contributed by atoms with van der Waals surface area (Å²) >= 11 is 1.14. The molecule has 1 amide bonds. The summed E-state index contributed by atoms with van der Waals surface area (Å²) in [4.78, 5) is 14.5. The molecule has 0 N–H and O–H groups in total. The van der Waals surface area contributed by atoms with Crippen LogP contribution in [0.1, 0.15) is 41.6 Å². The first-order valence-electron chi connectivity index (χ1n) is 5.79. The minimum atomic E-state index is -0.279. The molecular weight excluding hydrogens is 236 g/mol. The van der Waals surface area contributed by atoms with E-state index in [4.69, 9.17) is 5.26 Å². The predicted octanol–water partition coefficient (Wildman–Crippen LogP) is 1.62. The van der Waals surface area contributed by atoms with E-state index in [0.29, 0.717) is 11.4 Å². The van der Waals surface area contributed by atoms with Crippen LogP contribution >= 0.6 is 11.5 Å². The molecule has 2 rings (SSSR count). The third-order valence-electron chi connectivity index (χ3n) is 2.90. The maximum absolute atomic E-state index is 12.3. The molecule has 1 aliphatic heterocycles. The lowest BCUT2D eigenvalue weighted by molar-refractivity contribution is 0.0768. The van der Waals surface area contributed by atoms with Crippen molar-refractivity contribution in [3.05, 3.63) is 10.6 Å². The lowest BCUT2D eigenvalue weighted by Gasteiger charge is -2.18. The molecule has 0 aromatic carbocycles. The maximum Gasteiger partial charge on any atom is 0.268 e. The number of amides is 1. The Kier molecular flexibility index (Phi) is 3.69. The van der Waals surface area contributed by atoms with Crippen molar-refractivity contribution in [3.8, 4) is 6.07 Å². The summed E-state index contributed by atoms with van der Waals surface area (Å²) in [5.41, 5.74) is 0.770. The van der Waals surface area contributed by atoms with Crippen molar-refractivity contribution in [2.45, 2.75) is 38.6 Å². The molecule has 0 aliphatic carbocycles. The summed E-state index contributed by atoms with van der Waals surface area (Å²) in [6.07, 6.45) is 3.38. The number of rotatable bonds is 3. The smallest absolute Gasteiger partial charge is 0.268 e. The molecule has 1 unspecified atom stereocenters. The zero-order valence-electron chi connectivity index (χ0n) is 9.72. The molecule has 0 bridgehead atoms. The van der Waals surface area contributed by atoms with Crippen molar-refractivity contribution in [3.63, 3.8) is 0 Å². The van der Waals surface area contributed by atoms with Gasteiger partial charge in [-0.1, -0.05) is 17.8 Å². The van der Waals surface area contributed by atoms with Crippen LogP contribution in [-0.2, 0) is 6.42 Å². The van der Waals surface area contributed by atoms with Crippen molar-refractivity contribution in [1.82, 2.24) is 14.5 Å². The normalized spacial score (nSPS) is 19.3. The number of carbonyl (C=O) groups excluding carboxylic acids is 1. The van der Waals surface area contributed by atoms with Crippen LogP contribution in [0.4, 0.5) is 0 Å². The van der Waals surface area contributed by atoms with Gasteiger partial charge in [-0.3, -0.25) is 4.79 Å². The van der Waals surface area contributed by atoms with Crippen LogP contribution in [0.5, 0.6) is 0 Å². The summed E-state index contributed by atoms with van der Waals surface area (Å²) in [5.74, 6) is -0.0764. The fraction of sp³-hybridized carbons (Fsp3) is 0.636. The zero-order valence-corrected chi connectivity index (χ0v) is 10.5. The van der Waals surface area contributed by atoms with Crippen molar-refractivity contribution < 1.29 is 4.79 Å². The van der Waals surface area contributed by atoms with E-state index in [0.717, 1.165) is 42.9 Å². The van der Waals surface area contributed by atoms with Gasteiger partial charge < -0.3 is 4.90 Å². The lowest BCUT2D eigenvalue weighted by Crippen LogP contribution is -2.34. The van der Waals surface area contributed by atoms with Gasteiger partial charge in [-0.05, 0) is 30.8 Å². The standard InChI is InChI=1S/C11H14N4OS/c1-2-4-9-10(17-14-13-9)11(16)15-6-3-5-8(15)7-12/h8H,2-6H2,1H3. The summed E-state index contributed by atoms with van der Waals surface area (Å²) < 4.78 is 3.85. The average Bonchev–Trinajstić information content (AvgIpc) is 2.96. The van der Waals surface area contributed by atoms with E-state index in [1.54, 1.807) is 4.90 Å². The molecule has 5 nitrogen and oxygen atoms in total. The van der Waals surface area contributed by atoms with Crippen LogP contribution in [0.3, 0.4) is 0 Å². The van der Waals surface area contributed by atoms with Crippen LogP contribution in [0.25, 0.3) is 0 Å². The van der Waals surface area contributed by atoms with Crippen LogP contribution in [0, 0.1) is 11.3 Å². The summed E-state index contributed by atoms with van der Waals surface area (Å²) in [5, 5.41) is 13.0. The second-order valence-electron chi connectivity index (χ2n) is 4.08. The second kappa shape index (κ2) is 5.23. The fourth-order valence-electron chi connectivity index (χ4n) is 2.05. The molecule has 1 fully saturated rings. The highest BCUT2D eigenvalue weighted by Crippen LogP contribution is 2.22. The maximum atomic E-state index is 12.3. The van der Waals surface area contributed by atoms with Gasteiger partial charge in [-0.15, -0.1) is 5.10 Å². The highest BCUT2D eigenvalue weighted by atomic mass is 32.1. The van der Waals surface area contributed by atoms with Crippen LogP contribution < -0.4 is 0 Å².